The van der Waals surface area contributed by atoms with Crippen LogP contribution in [0.2, 0.25) is 0 Å². The second kappa shape index (κ2) is 6.68. The molecule has 0 unspecified atom stereocenters. The van der Waals surface area contributed by atoms with E-state index in [0.717, 1.165) is 12.5 Å². The van der Waals surface area contributed by atoms with Crippen molar-refractivity contribution in [2.75, 3.05) is 11.9 Å². The number of carbonyl (C=O) groups is 1. The Balaban J connectivity index is 2.79. The average molecular weight is 367 g/mol. The molecule has 0 aromatic heterocycles. The Labute approximate surface area is 130 Å². The number of nitrogens with one attached hydrogen (secondary N) is 2. The maximum Gasteiger partial charge on any atom is 0.418 e. The van der Waals surface area contributed by atoms with E-state index in [-0.39, 0.29) is 23.7 Å². The third kappa shape index (κ3) is 5.57. The lowest BCUT2D eigenvalue weighted by Crippen LogP contribution is -2.45. The van der Waals surface area contributed by atoms with Gasteiger partial charge < -0.3 is 10.6 Å². The molecule has 1 amide bonds. The Hall–Kier alpha value is -1.24. The molecule has 0 fully saturated rings. The third-order valence-corrected chi connectivity index (χ3v) is 3.58. The molecule has 0 aliphatic rings. The second-order valence-corrected chi connectivity index (χ2v) is 6.24. The Bertz CT molecular complexity index is 515. The van der Waals surface area contributed by atoms with Crippen LogP contribution in [0, 0.1) is 0 Å². The molecule has 0 saturated carbocycles. The first-order chi connectivity index (χ1) is 9.55. The van der Waals surface area contributed by atoms with Crippen LogP contribution in [0.3, 0.4) is 0 Å². The molecule has 21 heavy (non-hydrogen) atoms. The van der Waals surface area contributed by atoms with E-state index in [9.17, 15) is 18.0 Å². The lowest BCUT2D eigenvalue weighted by Gasteiger charge is -2.25. The zero-order valence-electron chi connectivity index (χ0n) is 12.1. The zero-order chi connectivity index (χ0) is 16.3. The van der Waals surface area contributed by atoms with Crippen LogP contribution in [0.4, 0.5) is 18.9 Å². The number of alkyl halides is 3. The normalized spacial score (nSPS) is 12.1. The summed E-state index contributed by atoms with van der Waals surface area (Å²) < 4.78 is 39.1. The van der Waals surface area contributed by atoms with E-state index in [4.69, 9.17) is 0 Å². The Morgan fingerprint density at radius 2 is 1.90 bits per heavy atom. The van der Waals surface area contributed by atoms with Gasteiger partial charge in [0.25, 0.3) is 0 Å². The van der Waals surface area contributed by atoms with Gasteiger partial charge >= 0.3 is 6.18 Å². The molecule has 2 N–H and O–H groups in total. The van der Waals surface area contributed by atoms with Gasteiger partial charge in [-0.05, 0) is 38.5 Å². The minimum absolute atomic E-state index is 0.116. The van der Waals surface area contributed by atoms with Crippen molar-refractivity contribution < 1.29 is 18.0 Å². The number of carbonyl (C=O) groups excluding carboxylic acids is 1. The quantitative estimate of drug-likeness (QED) is 0.820. The molecule has 0 spiro atoms. The summed E-state index contributed by atoms with van der Waals surface area (Å²) >= 11 is 3.01. The molecule has 0 aliphatic heterocycles. The van der Waals surface area contributed by atoms with Gasteiger partial charge in [0.1, 0.15) is 0 Å². The summed E-state index contributed by atoms with van der Waals surface area (Å²) in [5.41, 5.74) is -1.31. The van der Waals surface area contributed by atoms with Crippen LogP contribution in [-0.4, -0.2) is 18.0 Å². The maximum absolute atomic E-state index is 12.9. The lowest BCUT2D eigenvalue weighted by atomic mass is 10.0. The van der Waals surface area contributed by atoms with E-state index < -0.39 is 11.7 Å². The topological polar surface area (TPSA) is 41.1 Å². The van der Waals surface area contributed by atoms with Gasteiger partial charge in [0, 0.05) is 15.7 Å². The van der Waals surface area contributed by atoms with Gasteiger partial charge in [0.2, 0.25) is 5.91 Å². The first kappa shape index (κ1) is 17.8. The van der Waals surface area contributed by atoms with Crippen LogP contribution in [0.25, 0.3) is 0 Å². The van der Waals surface area contributed by atoms with E-state index in [1.807, 2.05) is 20.8 Å². The van der Waals surface area contributed by atoms with Gasteiger partial charge in [-0.25, -0.2) is 0 Å². The number of anilines is 1. The molecule has 0 radical (unpaired) electrons. The molecule has 0 heterocycles. The Kier molecular flexibility index (Phi) is 5.67. The Morgan fingerprint density at radius 1 is 1.29 bits per heavy atom. The molecule has 3 nitrogen and oxygen atoms in total. The summed E-state index contributed by atoms with van der Waals surface area (Å²) in [6, 6.07) is 3.77. The van der Waals surface area contributed by atoms with E-state index in [1.165, 1.54) is 12.1 Å². The average Bonchev–Trinajstić information content (AvgIpc) is 2.35. The van der Waals surface area contributed by atoms with Crippen molar-refractivity contribution in [2.45, 2.75) is 38.9 Å². The minimum Gasteiger partial charge on any atom is -0.376 e. The zero-order valence-corrected chi connectivity index (χ0v) is 13.7. The summed E-state index contributed by atoms with van der Waals surface area (Å²) in [6.07, 6.45) is -3.75. The molecular formula is C14H18BrF3N2O. The van der Waals surface area contributed by atoms with Crippen LogP contribution in [0.15, 0.2) is 22.7 Å². The van der Waals surface area contributed by atoms with Crippen molar-refractivity contribution in [2.24, 2.45) is 0 Å². The van der Waals surface area contributed by atoms with Crippen molar-refractivity contribution in [3.63, 3.8) is 0 Å². The fourth-order valence-electron chi connectivity index (χ4n) is 1.59. The van der Waals surface area contributed by atoms with Crippen LogP contribution < -0.4 is 10.6 Å². The van der Waals surface area contributed by atoms with Gasteiger partial charge in [-0.2, -0.15) is 13.2 Å². The number of rotatable bonds is 5. The molecule has 1 aromatic rings. The maximum atomic E-state index is 12.9. The van der Waals surface area contributed by atoms with E-state index in [0.29, 0.717) is 4.47 Å². The number of halogens is 4. The summed E-state index contributed by atoms with van der Waals surface area (Å²) in [5.74, 6) is -0.349. The Morgan fingerprint density at radius 3 is 2.43 bits per heavy atom. The monoisotopic (exact) mass is 366 g/mol. The molecule has 1 aromatic carbocycles. The number of benzene rings is 1. The lowest BCUT2D eigenvalue weighted by molar-refractivity contribution is -0.137. The fourth-order valence-corrected chi connectivity index (χ4v) is 1.95. The highest BCUT2D eigenvalue weighted by atomic mass is 79.9. The number of amides is 1. The van der Waals surface area contributed by atoms with E-state index in [2.05, 4.69) is 26.6 Å². The molecule has 0 saturated heterocycles. The van der Waals surface area contributed by atoms with E-state index in [1.54, 1.807) is 0 Å². The predicted molar refractivity (Wildman–Crippen MR) is 80.1 cm³/mol. The van der Waals surface area contributed by atoms with Crippen LogP contribution in [-0.2, 0) is 11.0 Å². The van der Waals surface area contributed by atoms with Gasteiger partial charge in [0.15, 0.2) is 0 Å². The molecule has 118 valence electrons. The fraction of sp³-hybridized carbons (Fsp3) is 0.500. The largest absolute Gasteiger partial charge is 0.418 e. The molecule has 0 atom stereocenters. The van der Waals surface area contributed by atoms with Crippen molar-refractivity contribution in [3.8, 4) is 0 Å². The van der Waals surface area contributed by atoms with Crippen LogP contribution in [0.1, 0.15) is 32.8 Å². The van der Waals surface area contributed by atoms with Crippen LogP contribution >= 0.6 is 15.9 Å². The molecule has 0 bridgehead atoms. The highest BCUT2D eigenvalue weighted by molar-refractivity contribution is 9.10. The minimum atomic E-state index is -4.48. The van der Waals surface area contributed by atoms with Gasteiger partial charge in [-0.15, -0.1) is 0 Å². The smallest absolute Gasteiger partial charge is 0.376 e. The molecule has 1 rings (SSSR count). The first-order valence-corrected chi connectivity index (χ1v) is 7.26. The SMILES string of the molecule is CCC(C)(C)NC(=O)CNc1ccc(Br)cc1C(F)(F)F. The molecule has 7 heteroatoms. The van der Waals surface area contributed by atoms with Crippen molar-refractivity contribution in [1.29, 1.82) is 0 Å². The predicted octanol–water partition coefficient (Wildman–Crippen LogP) is 4.18. The highest BCUT2D eigenvalue weighted by Crippen LogP contribution is 2.36. The van der Waals surface area contributed by atoms with Gasteiger partial charge in [0.05, 0.1) is 12.1 Å². The third-order valence-electron chi connectivity index (χ3n) is 3.09. The molecule has 0 aliphatic carbocycles. The van der Waals surface area contributed by atoms with Crippen molar-refractivity contribution in [3.05, 3.63) is 28.2 Å². The first-order valence-electron chi connectivity index (χ1n) is 6.47. The van der Waals surface area contributed by atoms with Gasteiger partial charge in [-0.3, -0.25) is 4.79 Å². The molecular weight excluding hydrogens is 349 g/mol. The second-order valence-electron chi connectivity index (χ2n) is 5.33. The summed E-state index contributed by atoms with van der Waals surface area (Å²) in [4.78, 5) is 11.8. The van der Waals surface area contributed by atoms with Crippen LogP contribution in [0.5, 0.6) is 0 Å². The van der Waals surface area contributed by atoms with Crippen molar-refractivity contribution in [1.82, 2.24) is 5.32 Å². The summed E-state index contributed by atoms with van der Waals surface area (Å²) in [6.45, 7) is 5.41. The number of hydrogen-bond donors (Lipinski definition) is 2. The van der Waals surface area contributed by atoms with E-state index >= 15 is 0 Å². The number of hydrogen-bond acceptors (Lipinski definition) is 2. The summed E-state index contributed by atoms with van der Waals surface area (Å²) in [5, 5.41) is 5.29. The van der Waals surface area contributed by atoms with Crippen molar-refractivity contribution >= 4 is 27.5 Å². The highest BCUT2D eigenvalue weighted by Gasteiger charge is 2.33. The van der Waals surface area contributed by atoms with Gasteiger partial charge in [-0.1, -0.05) is 22.9 Å². The standard InChI is InChI=1S/C14H18BrF3N2O/c1-4-13(2,3)20-12(21)8-19-11-6-5-9(15)7-10(11)14(16,17)18/h5-7,19H,4,8H2,1-3H3,(H,20,21). The summed E-state index contributed by atoms with van der Waals surface area (Å²) in [7, 11) is 0.